The van der Waals surface area contributed by atoms with E-state index in [1.807, 2.05) is 24.3 Å². The zero-order valence-corrected chi connectivity index (χ0v) is 14.7. The minimum absolute atomic E-state index is 0.313. The summed E-state index contributed by atoms with van der Waals surface area (Å²) in [4.78, 5) is 0. The number of alkyl halides is 1. The molecule has 0 saturated heterocycles. The van der Waals surface area contributed by atoms with Gasteiger partial charge in [0.1, 0.15) is 11.5 Å². The van der Waals surface area contributed by atoms with Crippen LogP contribution in [0.3, 0.4) is 0 Å². The van der Waals surface area contributed by atoms with Gasteiger partial charge in [-0.25, -0.2) is 0 Å². The lowest BCUT2D eigenvalue weighted by atomic mass is 9.83. The van der Waals surface area contributed by atoms with Gasteiger partial charge in [-0.05, 0) is 43.5 Å². The molecule has 2 rings (SSSR count). The minimum atomic E-state index is 0.313. The van der Waals surface area contributed by atoms with E-state index in [1.165, 1.54) is 38.5 Å². The summed E-state index contributed by atoms with van der Waals surface area (Å²) < 4.78 is 11.7. The fourth-order valence-corrected chi connectivity index (χ4v) is 3.61. The maximum absolute atomic E-state index is 6.07. The van der Waals surface area contributed by atoms with Gasteiger partial charge in [-0.15, -0.1) is 0 Å². The summed E-state index contributed by atoms with van der Waals surface area (Å²) in [6.07, 6.45) is 8.99. The molecule has 0 atom stereocenters. The zero-order chi connectivity index (χ0) is 15.0. The Labute approximate surface area is 137 Å². The molecule has 0 heterocycles. The Balaban J connectivity index is 1.88. The van der Waals surface area contributed by atoms with Crippen LogP contribution < -0.4 is 9.47 Å². The molecule has 118 valence electrons. The highest BCUT2D eigenvalue weighted by Crippen LogP contribution is 2.37. The predicted molar refractivity (Wildman–Crippen MR) is 91.7 cm³/mol. The third-order valence-corrected chi connectivity index (χ3v) is 5.48. The highest BCUT2D eigenvalue weighted by atomic mass is 79.9. The molecule has 1 aromatic rings. The van der Waals surface area contributed by atoms with Crippen LogP contribution in [0.4, 0.5) is 0 Å². The second kappa shape index (κ2) is 8.67. The first kappa shape index (κ1) is 16.7. The van der Waals surface area contributed by atoms with Crippen LogP contribution in [0.15, 0.2) is 24.3 Å². The second-order valence-corrected chi connectivity index (χ2v) is 6.72. The average Bonchev–Trinajstić information content (AvgIpc) is 2.78. The minimum Gasteiger partial charge on any atom is -0.494 e. The van der Waals surface area contributed by atoms with Crippen LogP contribution in [-0.2, 0) is 0 Å². The van der Waals surface area contributed by atoms with Gasteiger partial charge >= 0.3 is 0 Å². The number of rotatable bonds is 7. The summed E-state index contributed by atoms with van der Waals surface area (Å²) >= 11 is 3.72. The SMILES string of the molecule is CCCOc1ccc(OCC2(CBr)CCCCCC2)cc1. The molecule has 2 nitrogen and oxygen atoms in total. The Morgan fingerprint density at radius 1 is 0.952 bits per heavy atom. The van der Waals surface area contributed by atoms with Crippen molar-refractivity contribution in [2.45, 2.75) is 51.9 Å². The molecule has 0 unspecified atom stereocenters. The highest BCUT2D eigenvalue weighted by molar-refractivity contribution is 9.09. The molecule has 1 saturated carbocycles. The molecule has 1 aliphatic rings. The van der Waals surface area contributed by atoms with Gasteiger partial charge in [-0.2, -0.15) is 0 Å². The lowest BCUT2D eigenvalue weighted by molar-refractivity contribution is 0.149. The van der Waals surface area contributed by atoms with Gasteiger partial charge in [0, 0.05) is 10.7 Å². The summed E-state index contributed by atoms with van der Waals surface area (Å²) in [5.41, 5.74) is 0.313. The van der Waals surface area contributed by atoms with Crippen molar-refractivity contribution in [2.75, 3.05) is 18.5 Å². The predicted octanol–water partition coefficient (Wildman–Crippen LogP) is 5.59. The summed E-state index contributed by atoms with van der Waals surface area (Å²) in [6.45, 7) is 3.70. The Morgan fingerprint density at radius 2 is 1.52 bits per heavy atom. The zero-order valence-electron chi connectivity index (χ0n) is 13.1. The average molecular weight is 355 g/mol. The third kappa shape index (κ3) is 5.21. The van der Waals surface area contributed by atoms with Gasteiger partial charge in [-0.1, -0.05) is 48.5 Å². The number of benzene rings is 1. The van der Waals surface area contributed by atoms with Gasteiger partial charge in [0.15, 0.2) is 0 Å². The Kier molecular flexibility index (Phi) is 6.88. The molecule has 1 aromatic carbocycles. The van der Waals surface area contributed by atoms with Crippen LogP contribution in [0.1, 0.15) is 51.9 Å². The molecule has 3 heteroatoms. The van der Waals surface area contributed by atoms with E-state index in [0.29, 0.717) is 5.41 Å². The Morgan fingerprint density at radius 3 is 2.05 bits per heavy atom. The summed E-state index contributed by atoms with van der Waals surface area (Å²) in [7, 11) is 0. The van der Waals surface area contributed by atoms with Crippen molar-refractivity contribution >= 4 is 15.9 Å². The van der Waals surface area contributed by atoms with Gasteiger partial charge < -0.3 is 9.47 Å². The smallest absolute Gasteiger partial charge is 0.119 e. The first-order valence-electron chi connectivity index (χ1n) is 8.20. The van der Waals surface area contributed by atoms with Crippen LogP contribution >= 0.6 is 15.9 Å². The van der Waals surface area contributed by atoms with Gasteiger partial charge in [-0.3, -0.25) is 0 Å². The van der Waals surface area contributed by atoms with Gasteiger partial charge in [0.2, 0.25) is 0 Å². The molecule has 0 aliphatic heterocycles. The maximum Gasteiger partial charge on any atom is 0.119 e. The second-order valence-electron chi connectivity index (χ2n) is 6.16. The molecule has 0 spiro atoms. The Hall–Kier alpha value is -0.700. The molecule has 0 aromatic heterocycles. The maximum atomic E-state index is 6.07. The molecule has 1 aliphatic carbocycles. The fraction of sp³-hybridized carbons (Fsp3) is 0.667. The molecule has 0 amide bonds. The van der Waals surface area contributed by atoms with Crippen LogP contribution in [0.2, 0.25) is 0 Å². The van der Waals surface area contributed by atoms with Crippen molar-refractivity contribution in [3.63, 3.8) is 0 Å². The van der Waals surface area contributed by atoms with Crippen molar-refractivity contribution in [2.24, 2.45) is 5.41 Å². The van der Waals surface area contributed by atoms with Crippen LogP contribution in [-0.4, -0.2) is 18.5 Å². The van der Waals surface area contributed by atoms with E-state index in [2.05, 4.69) is 22.9 Å². The van der Waals surface area contributed by atoms with Crippen LogP contribution in [0.5, 0.6) is 11.5 Å². The summed E-state index contributed by atoms with van der Waals surface area (Å²) in [5, 5.41) is 1.04. The quantitative estimate of drug-likeness (QED) is 0.469. The van der Waals surface area contributed by atoms with Crippen molar-refractivity contribution in [3.05, 3.63) is 24.3 Å². The van der Waals surface area contributed by atoms with E-state index in [-0.39, 0.29) is 0 Å². The lowest BCUT2D eigenvalue weighted by Gasteiger charge is -2.30. The van der Waals surface area contributed by atoms with Crippen LogP contribution in [0.25, 0.3) is 0 Å². The number of ether oxygens (including phenoxy) is 2. The van der Waals surface area contributed by atoms with Crippen molar-refractivity contribution < 1.29 is 9.47 Å². The number of hydrogen-bond acceptors (Lipinski definition) is 2. The first-order valence-corrected chi connectivity index (χ1v) is 9.32. The summed E-state index contributed by atoms with van der Waals surface area (Å²) in [6, 6.07) is 8.03. The molecular weight excluding hydrogens is 328 g/mol. The molecule has 1 fully saturated rings. The standard InChI is InChI=1S/C18H27BrO2/c1-2-13-20-16-7-9-17(10-8-16)21-15-18(14-19)11-5-3-4-6-12-18/h7-10H,2-6,11-15H2,1H3. The molecule has 0 N–H and O–H groups in total. The van der Waals surface area contributed by atoms with E-state index in [4.69, 9.17) is 9.47 Å². The number of halogens is 1. The highest BCUT2D eigenvalue weighted by Gasteiger charge is 2.30. The van der Waals surface area contributed by atoms with Crippen molar-refractivity contribution in [1.82, 2.24) is 0 Å². The number of hydrogen-bond donors (Lipinski definition) is 0. The van der Waals surface area contributed by atoms with E-state index >= 15 is 0 Å². The van der Waals surface area contributed by atoms with Gasteiger partial charge in [0.25, 0.3) is 0 Å². The monoisotopic (exact) mass is 354 g/mol. The van der Waals surface area contributed by atoms with E-state index < -0.39 is 0 Å². The molecular formula is C18H27BrO2. The van der Waals surface area contributed by atoms with E-state index in [9.17, 15) is 0 Å². The molecule has 21 heavy (non-hydrogen) atoms. The Bertz CT molecular complexity index is 394. The first-order chi connectivity index (χ1) is 10.3. The molecule has 0 radical (unpaired) electrons. The van der Waals surface area contributed by atoms with Crippen molar-refractivity contribution in [3.8, 4) is 11.5 Å². The third-order valence-electron chi connectivity index (χ3n) is 4.29. The van der Waals surface area contributed by atoms with Crippen LogP contribution in [0, 0.1) is 5.41 Å². The van der Waals surface area contributed by atoms with E-state index in [0.717, 1.165) is 36.5 Å². The summed E-state index contributed by atoms with van der Waals surface area (Å²) in [5.74, 6) is 1.87. The van der Waals surface area contributed by atoms with Crippen molar-refractivity contribution in [1.29, 1.82) is 0 Å². The normalized spacial score (nSPS) is 18.0. The van der Waals surface area contributed by atoms with Gasteiger partial charge in [0.05, 0.1) is 13.2 Å². The lowest BCUT2D eigenvalue weighted by Crippen LogP contribution is -2.29. The molecule has 0 bridgehead atoms. The fourth-order valence-electron chi connectivity index (χ4n) is 2.88. The van der Waals surface area contributed by atoms with E-state index in [1.54, 1.807) is 0 Å². The largest absolute Gasteiger partial charge is 0.494 e. The topological polar surface area (TPSA) is 18.5 Å².